The van der Waals surface area contributed by atoms with Gasteiger partial charge < -0.3 is 29.6 Å². The molecule has 4 N–H and O–H groups in total. The minimum Gasteiger partial charge on any atom is -0.486 e. The number of hydrogen-bond donors (Lipinski definition) is 4. The zero-order valence-electron chi connectivity index (χ0n) is 28.7. The summed E-state index contributed by atoms with van der Waals surface area (Å²) in [6.45, 7) is 19.5. The standard InChI is InChI=1S/C33H52N4O8/c1-12-21-22-14-16-25(33(11,27(38)42-30(2,3)4)45-37-29(40)44-32(8,9)10)41-24(22)15-13-23(21)26(34)35-19-17-20(18-19)36-28(39)43-31(5,6)7/h13,15,19-20,25H,12,14,16-18H2,1-11H3,(H2,34,35)(H,36,39)(H,37,40)/t19-,20+,25-,33+/m1/s1. The van der Waals surface area contributed by atoms with Crippen molar-refractivity contribution in [3.63, 3.8) is 0 Å². The smallest absolute Gasteiger partial charge is 0.431 e. The molecule has 1 aliphatic heterocycles. The number of hydroxylamine groups is 1. The first-order valence-corrected chi connectivity index (χ1v) is 15.7. The Hall–Kier alpha value is -3.54. The van der Waals surface area contributed by atoms with Crippen molar-refractivity contribution in [2.24, 2.45) is 0 Å². The topological polar surface area (TPSA) is 157 Å². The number of rotatable bonds is 8. The molecule has 3 rings (SSSR count). The number of carbonyl (C=O) groups excluding carboxylic acids is 3. The SMILES string of the molecule is CCc1c(C(=N)N[C@H]2C[C@@H](NC(=O)OC(C)(C)C)C2)ccc2c1CC[C@H]([C@](C)(ONC(=O)OC(C)(C)C)C(=O)OC(C)(C)C)O2. The van der Waals surface area contributed by atoms with Gasteiger partial charge in [-0.25, -0.2) is 19.2 Å². The van der Waals surface area contributed by atoms with Gasteiger partial charge in [0.05, 0.1) is 0 Å². The van der Waals surface area contributed by atoms with Crippen molar-refractivity contribution in [2.75, 3.05) is 0 Å². The molecule has 1 aromatic carbocycles. The van der Waals surface area contributed by atoms with Crippen molar-refractivity contribution in [2.45, 2.75) is 149 Å². The Morgan fingerprint density at radius 3 is 1.96 bits per heavy atom. The molecule has 12 heteroatoms. The van der Waals surface area contributed by atoms with Crippen LogP contribution in [0, 0.1) is 5.41 Å². The molecule has 1 fully saturated rings. The molecule has 1 heterocycles. The summed E-state index contributed by atoms with van der Waals surface area (Å²) in [5, 5.41) is 15.0. The van der Waals surface area contributed by atoms with E-state index >= 15 is 0 Å². The van der Waals surface area contributed by atoms with E-state index in [1.165, 1.54) is 6.92 Å². The Balaban J connectivity index is 1.72. The Morgan fingerprint density at radius 1 is 0.844 bits per heavy atom. The zero-order valence-corrected chi connectivity index (χ0v) is 28.7. The number of fused-ring (bicyclic) bond motifs is 1. The summed E-state index contributed by atoms with van der Waals surface area (Å²) in [4.78, 5) is 43.6. The van der Waals surface area contributed by atoms with Crippen LogP contribution in [-0.4, -0.2) is 64.6 Å². The number of alkyl carbamates (subject to hydrolysis) is 1. The summed E-state index contributed by atoms with van der Waals surface area (Å²) in [6.07, 6.45) is 0.961. The number of nitrogens with one attached hydrogen (secondary N) is 4. The van der Waals surface area contributed by atoms with Crippen molar-refractivity contribution in [1.29, 1.82) is 5.41 Å². The van der Waals surface area contributed by atoms with Crippen LogP contribution in [0.25, 0.3) is 0 Å². The van der Waals surface area contributed by atoms with Crippen molar-refractivity contribution >= 4 is 24.0 Å². The molecule has 1 aliphatic carbocycles. The normalized spacial score (nSPS) is 21.1. The van der Waals surface area contributed by atoms with Crippen LogP contribution in [0.3, 0.4) is 0 Å². The maximum absolute atomic E-state index is 13.5. The number of amides is 2. The third-order valence-corrected chi connectivity index (χ3v) is 7.31. The van der Waals surface area contributed by atoms with E-state index in [0.717, 1.165) is 16.7 Å². The molecule has 2 amide bonds. The van der Waals surface area contributed by atoms with Crippen LogP contribution in [0.5, 0.6) is 5.75 Å². The van der Waals surface area contributed by atoms with E-state index in [9.17, 15) is 14.4 Å². The largest absolute Gasteiger partial charge is 0.486 e. The quantitative estimate of drug-likeness (QED) is 0.0959. The van der Waals surface area contributed by atoms with E-state index in [2.05, 4.69) is 16.1 Å². The van der Waals surface area contributed by atoms with Crippen molar-refractivity contribution < 1.29 is 38.2 Å². The van der Waals surface area contributed by atoms with Crippen molar-refractivity contribution in [1.82, 2.24) is 16.1 Å². The molecule has 1 aromatic rings. The molecular weight excluding hydrogens is 580 g/mol. The van der Waals surface area contributed by atoms with Crippen LogP contribution >= 0.6 is 0 Å². The van der Waals surface area contributed by atoms with Gasteiger partial charge in [-0.15, -0.1) is 0 Å². The van der Waals surface area contributed by atoms with E-state index in [0.29, 0.717) is 43.7 Å². The van der Waals surface area contributed by atoms with Gasteiger partial charge in [-0.2, -0.15) is 5.48 Å². The van der Waals surface area contributed by atoms with E-state index in [-0.39, 0.29) is 12.1 Å². The van der Waals surface area contributed by atoms with Gasteiger partial charge in [0.1, 0.15) is 34.5 Å². The fraction of sp³-hybridized carbons (Fsp3) is 0.697. The lowest BCUT2D eigenvalue weighted by molar-refractivity contribution is -0.205. The van der Waals surface area contributed by atoms with Crippen LogP contribution < -0.4 is 20.9 Å². The molecule has 0 saturated heterocycles. The third kappa shape index (κ3) is 9.97. The Morgan fingerprint density at radius 2 is 1.40 bits per heavy atom. The first kappa shape index (κ1) is 35.9. The second-order valence-electron chi connectivity index (χ2n) is 14.9. The number of carbonyl (C=O) groups is 3. The lowest BCUT2D eigenvalue weighted by Crippen LogP contribution is -2.58. The second kappa shape index (κ2) is 13.4. The van der Waals surface area contributed by atoms with Gasteiger partial charge in [0.2, 0.25) is 5.60 Å². The highest BCUT2D eigenvalue weighted by Gasteiger charge is 2.50. The van der Waals surface area contributed by atoms with Crippen LogP contribution in [0.15, 0.2) is 12.1 Å². The molecule has 12 nitrogen and oxygen atoms in total. The number of ether oxygens (including phenoxy) is 4. The highest BCUT2D eigenvalue weighted by Crippen LogP contribution is 2.38. The zero-order chi connectivity index (χ0) is 34.0. The number of esters is 1. The summed E-state index contributed by atoms with van der Waals surface area (Å²) in [6, 6.07) is 3.70. The summed E-state index contributed by atoms with van der Waals surface area (Å²) in [7, 11) is 0. The Bertz CT molecular complexity index is 1270. The average Bonchev–Trinajstić information content (AvgIpc) is 2.86. The Labute approximate surface area is 267 Å². The van der Waals surface area contributed by atoms with Crippen molar-refractivity contribution in [3.05, 3.63) is 28.8 Å². The maximum Gasteiger partial charge on any atom is 0.431 e. The molecule has 45 heavy (non-hydrogen) atoms. The first-order chi connectivity index (χ1) is 20.6. The lowest BCUT2D eigenvalue weighted by Gasteiger charge is -2.39. The third-order valence-electron chi connectivity index (χ3n) is 7.31. The number of benzene rings is 1. The summed E-state index contributed by atoms with van der Waals surface area (Å²) in [5.74, 6) is 0.208. The second-order valence-corrected chi connectivity index (χ2v) is 14.9. The van der Waals surface area contributed by atoms with Gasteiger partial charge in [0.15, 0.2) is 0 Å². The highest BCUT2D eigenvalue weighted by atomic mass is 16.7. The van der Waals surface area contributed by atoms with Gasteiger partial charge in [-0.3, -0.25) is 5.41 Å². The predicted octanol–water partition coefficient (Wildman–Crippen LogP) is 5.47. The maximum atomic E-state index is 13.5. The first-order valence-electron chi connectivity index (χ1n) is 15.7. The van der Waals surface area contributed by atoms with Gasteiger partial charge in [-0.1, -0.05) is 6.92 Å². The molecule has 2 atom stereocenters. The van der Waals surface area contributed by atoms with E-state index in [1.807, 2.05) is 33.8 Å². The number of hydrogen-bond acceptors (Lipinski definition) is 9. The molecular formula is C33H52N4O8. The van der Waals surface area contributed by atoms with Gasteiger partial charge >= 0.3 is 18.2 Å². The molecule has 0 unspecified atom stereocenters. The van der Waals surface area contributed by atoms with Crippen LogP contribution in [0.4, 0.5) is 9.59 Å². The van der Waals surface area contributed by atoms with E-state index in [1.54, 1.807) is 47.6 Å². The molecule has 0 radical (unpaired) electrons. The molecule has 0 aromatic heterocycles. The van der Waals surface area contributed by atoms with Gasteiger partial charge in [0, 0.05) is 17.6 Å². The minimum absolute atomic E-state index is 0.00373. The average molecular weight is 633 g/mol. The monoisotopic (exact) mass is 632 g/mol. The van der Waals surface area contributed by atoms with Gasteiger partial charge in [-0.05, 0) is 125 Å². The van der Waals surface area contributed by atoms with Crippen molar-refractivity contribution in [3.8, 4) is 5.75 Å². The summed E-state index contributed by atoms with van der Waals surface area (Å²) >= 11 is 0. The molecule has 0 spiro atoms. The van der Waals surface area contributed by atoms with Crippen LogP contribution in [-0.2, 0) is 36.7 Å². The molecule has 1 saturated carbocycles. The van der Waals surface area contributed by atoms with E-state index in [4.69, 9.17) is 29.2 Å². The van der Waals surface area contributed by atoms with Crippen LogP contribution in [0.1, 0.15) is 112 Å². The fourth-order valence-electron chi connectivity index (χ4n) is 5.24. The Kier molecular flexibility index (Phi) is 10.7. The minimum atomic E-state index is -1.69. The fourth-order valence-corrected chi connectivity index (χ4v) is 5.24. The summed E-state index contributed by atoms with van der Waals surface area (Å²) < 4.78 is 22.7. The molecule has 252 valence electrons. The number of amidine groups is 1. The highest BCUT2D eigenvalue weighted by molar-refractivity contribution is 5.98. The van der Waals surface area contributed by atoms with E-state index < -0.39 is 46.7 Å². The summed E-state index contributed by atoms with van der Waals surface area (Å²) in [5.41, 5.74) is 1.18. The molecule has 0 bridgehead atoms. The lowest BCUT2D eigenvalue weighted by atomic mass is 9.85. The van der Waals surface area contributed by atoms with Gasteiger partial charge in [0.25, 0.3) is 0 Å². The molecule has 2 aliphatic rings. The predicted molar refractivity (Wildman–Crippen MR) is 169 cm³/mol. The van der Waals surface area contributed by atoms with Crippen LogP contribution in [0.2, 0.25) is 0 Å².